The Bertz CT molecular complexity index is 971. The Kier molecular flexibility index (Phi) is 6.50. The Labute approximate surface area is 171 Å². The van der Waals surface area contributed by atoms with E-state index in [4.69, 9.17) is 23.4 Å². The van der Waals surface area contributed by atoms with E-state index in [-0.39, 0.29) is 5.89 Å². The normalized spacial score (nSPS) is 12.0. The molecule has 152 valence electrons. The van der Waals surface area contributed by atoms with Crippen LogP contribution in [0.15, 0.2) is 40.1 Å². The Morgan fingerprint density at radius 2 is 1.86 bits per heavy atom. The van der Waals surface area contributed by atoms with E-state index in [0.29, 0.717) is 28.7 Å². The first-order valence-electron chi connectivity index (χ1n) is 8.61. The molecule has 1 atom stereocenters. The maximum Gasteiger partial charge on any atom is 0.331 e. The molecule has 0 fully saturated rings. The van der Waals surface area contributed by atoms with Gasteiger partial charge in [-0.2, -0.15) is 0 Å². The van der Waals surface area contributed by atoms with Crippen LogP contribution in [-0.2, 0) is 9.53 Å². The molecule has 0 aliphatic rings. The van der Waals surface area contributed by atoms with Crippen LogP contribution in [0.5, 0.6) is 17.2 Å². The number of ether oxygens (including phenoxy) is 4. The lowest BCUT2D eigenvalue weighted by molar-refractivity contribution is -0.143. The van der Waals surface area contributed by atoms with Gasteiger partial charge in [0.25, 0.3) is 11.8 Å². The largest absolute Gasteiger partial charge is 0.493 e. The van der Waals surface area contributed by atoms with Gasteiger partial charge in [-0.05, 0) is 42.1 Å². The number of carbonyl (C=O) groups excluding carboxylic acids is 1. The first-order chi connectivity index (χ1) is 14.0. The van der Waals surface area contributed by atoms with E-state index in [2.05, 4.69) is 10.2 Å². The Balaban J connectivity index is 1.68. The number of methoxy groups -OCH3 is 3. The Hall–Kier alpha value is -3.33. The van der Waals surface area contributed by atoms with E-state index in [9.17, 15) is 4.79 Å². The van der Waals surface area contributed by atoms with Gasteiger partial charge in [0.05, 0.1) is 26.2 Å². The van der Waals surface area contributed by atoms with Gasteiger partial charge in [-0.25, -0.2) is 4.79 Å². The maximum absolute atomic E-state index is 12.2. The number of thiophene rings is 1. The Morgan fingerprint density at radius 1 is 1.14 bits per heavy atom. The van der Waals surface area contributed by atoms with Gasteiger partial charge in [-0.1, -0.05) is 6.07 Å². The third-order valence-electron chi connectivity index (χ3n) is 3.91. The van der Waals surface area contributed by atoms with Crippen molar-refractivity contribution in [1.82, 2.24) is 10.2 Å². The number of hydrogen-bond acceptors (Lipinski definition) is 9. The van der Waals surface area contributed by atoms with Gasteiger partial charge in [-0.15, -0.1) is 21.5 Å². The van der Waals surface area contributed by atoms with Gasteiger partial charge in [0.15, 0.2) is 17.6 Å². The molecule has 0 aliphatic heterocycles. The number of hydrogen-bond donors (Lipinski definition) is 0. The highest BCUT2D eigenvalue weighted by atomic mass is 32.1. The molecule has 3 rings (SSSR count). The van der Waals surface area contributed by atoms with Gasteiger partial charge in [0.2, 0.25) is 5.75 Å². The zero-order valence-electron chi connectivity index (χ0n) is 16.4. The van der Waals surface area contributed by atoms with Crippen molar-refractivity contribution in [2.75, 3.05) is 21.3 Å². The van der Waals surface area contributed by atoms with Crippen molar-refractivity contribution in [2.24, 2.45) is 0 Å². The van der Waals surface area contributed by atoms with Crippen molar-refractivity contribution in [1.29, 1.82) is 0 Å². The molecule has 3 aromatic rings. The molecule has 2 heterocycles. The van der Waals surface area contributed by atoms with Crippen molar-refractivity contribution >= 4 is 23.4 Å². The molecule has 0 N–H and O–H groups in total. The molecule has 9 heteroatoms. The van der Waals surface area contributed by atoms with Crippen molar-refractivity contribution in [2.45, 2.75) is 13.0 Å². The van der Waals surface area contributed by atoms with Gasteiger partial charge < -0.3 is 23.4 Å². The van der Waals surface area contributed by atoms with Crippen LogP contribution in [0.1, 0.15) is 24.5 Å². The summed E-state index contributed by atoms with van der Waals surface area (Å²) in [5.74, 6) is 1.51. The lowest BCUT2D eigenvalue weighted by Gasteiger charge is -2.12. The molecule has 29 heavy (non-hydrogen) atoms. The van der Waals surface area contributed by atoms with Crippen molar-refractivity contribution in [3.05, 3.63) is 47.2 Å². The third kappa shape index (κ3) is 4.75. The summed E-state index contributed by atoms with van der Waals surface area (Å²) in [5.41, 5.74) is 0.682. The summed E-state index contributed by atoms with van der Waals surface area (Å²) in [6, 6.07) is 7.21. The molecular formula is C20H20N2O6S. The summed E-state index contributed by atoms with van der Waals surface area (Å²) in [6.07, 6.45) is 2.20. The van der Waals surface area contributed by atoms with Gasteiger partial charge in [0.1, 0.15) is 0 Å². The number of rotatable bonds is 8. The number of nitrogens with zero attached hydrogens (tertiary/aromatic N) is 2. The highest BCUT2D eigenvalue weighted by Gasteiger charge is 2.18. The minimum absolute atomic E-state index is 0.225. The van der Waals surface area contributed by atoms with E-state index >= 15 is 0 Å². The molecule has 0 unspecified atom stereocenters. The van der Waals surface area contributed by atoms with E-state index in [1.165, 1.54) is 38.7 Å². The monoisotopic (exact) mass is 416 g/mol. The first kappa shape index (κ1) is 20.4. The fourth-order valence-corrected chi connectivity index (χ4v) is 3.17. The van der Waals surface area contributed by atoms with Crippen LogP contribution in [0, 0.1) is 0 Å². The number of carbonyl (C=O) groups is 1. The molecule has 0 bridgehead atoms. The van der Waals surface area contributed by atoms with Crippen LogP contribution < -0.4 is 14.2 Å². The highest BCUT2D eigenvalue weighted by molar-refractivity contribution is 7.13. The van der Waals surface area contributed by atoms with Crippen molar-refractivity contribution in [3.63, 3.8) is 0 Å². The molecule has 1 aromatic carbocycles. The SMILES string of the molecule is COc1cc(/C=C/C(=O)O[C@H](C)c2nnc(-c3cccs3)o2)cc(OC)c1OC. The predicted molar refractivity (Wildman–Crippen MR) is 107 cm³/mol. The predicted octanol–water partition coefficient (Wildman–Crippen LogP) is 4.14. The van der Waals surface area contributed by atoms with Gasteiger partial charge >= 0.3 is 5.97 Å². The van der Waals surface area contributed by atoms with Crippen molar-refractivity contribution < 1.29 is 28.2 Å². The summed E-state index contributed by atoms with van der Waals surface area (Å²) < 4.78 is 26.8. The summed E-state index contributed by atoms with van der Waals surface area (Å²) in [7, 11) is 4.57. The van der Waals surface area contributed by atoms with E-state index in [1.807, 2.05) is 17.5 Å². The standard InChI is InChI=1S/C20H20N2O6S/c1-12(19-21-22-20(28-19)16-6-5-9-29-16)27-17(23)8-7-13-10-14(24-2)18(26-4)15(11-13)25-3/h5-12H,1-4H3/b8-7+/t12-/m1/s1. The molecule has 0 saturated carbocycles. The van der Waals surface area contributed by atoms with Crippen LogP contribution >= 0.6 is 11.3 Å². The van der Waals surface area contributed by atoms with E-state index < -0.39 is 12.1 Å². The smallest absolute Gasteiger partial charge is 0.331 e. The topological polar surface area (TPSA) is 92.9 Å². The summed E-state index contributed by atoms with van der Waals surface area (Å²) in [4.78, 5) is 13.0. The summed E-state index contributed by atoms with van der Waals surface area (Å²) in [6.45, 7) is 1.66. The quantitative estimate of drug-likeness (QED) is 0.400. The minimum atomic E-state index is -0.687. The molecule has 8 nitrogen and oxygen atoms in total. The third-order valence-corrected chi connectivity index (χ3v) is 4.77. The zero-order valence-corrected chi connectivity index (χ0v) is 17.2. The number of benzene rings is 1. The van der Waals surface area contributed by atoms with Crippen LogP contribution in [0.2, 0.25) is 0 Å². The second-order valence-electron chi connectivity index (χ2n) is 5.79. The maximum atomic E-state index is 12.2. The Morgan fingerprint density at radius 3 is 2.45 bits per heavy atom. The summed E-state index contributed by atoms with van der Waals surface area (Å²) in [5, 5.41) is 9.84. The second-order valence-corrected chi connectivity index (χ2v) is 6.74. The molecule has 0 radical (unpaired) electrons. The molecule has 0 spiro atoms. The van der Waals surface area contributed by atoms with Crippen LogP contribution in [-0.4, -0.2) is 37.5 Å². The van der Waals surface area contributed by atoms with Crippen LogP contribution in [0.3, 0.4) is 0 Å². The lowest BCUT2D eigenvalue weighted by Crippen LogP contribution is -2.06. The highest BCUT2D eigenvalue weighted by Crippen LogP contribution is 2.38. The number of esters is 1. The second kappa shape index (κ2) is 9.24. The van der Waals surface area contributed by atoms with Gasteiger partial charge in [-0.3, -0.25) is 0 Å². The molecule has 0 amide bonds. The van der Waals surface area contributed by atoms with Crippen LogP contribution in [0.4, 0.5) is 0 Å². The molecule has 2 aromatic heterocycles. The fraction of sp³-hybridized carbons (Fsp3) is 0.250. The summed E-state index contributed by atoms with van der Waals surface area (Å²) >= 11 is 1.48. The van der Waals surface area contributed by atoms with Crippen LogP contribution in [0.25, 0.3) is 16.8 Å². The molecular weight excluding hydrogens is 396 g/mol. The number of aromatic nitrogens is 2. The van der Waals surface area contributed by atoms with Gasteiger partial charge in [0, 0.05) is 6.08 Å². The fourth-order valence-electron chi connectivity index (χ4n) is 2.52. The average molecular weight is 416 g/mol. The van der Waals surface area contributed by atoms with Crippen molar-refractivity contribution in [3.8, 4) is 28.0 Å². The minimum Gasteiger partial charge on any atom is -0.493 e. The van der Waals surface area contributed by atoms with E-state index in [0.717, 1.165) is 4.88 Å². The lowest BCUT2D eigenvalue weighted by atomic mass is 10.1. The molecule has 0 aliphatic carbocycles. The average Bonchev–Trinajstić information content (AvgIpc) is 3.42. The first-order valence-corrected chi connectivity index (χ1v) is 9.49. The zero-order chi connectivity index (χ0) is 20.8. The van der Waals surface area contributed by atoms with E-state index in [1.54, 1.807) is 25.1 Å². The molecule has 0 saturated heterocycles.